The van der Waals surface area contributed by atoms with Gasteiger partial charge in [0.2, 0.25) is 0 Å². The molecule has 0 spiro atoms. The Kier molecular flexibility index (Phi) is 5.48. The van der Waals surface area contributed by atoms with Gasteiger partial charge in [-0.2, -0.15) is 0 Å². The van der Waals surface area contributed by atoms with Crippen LogP contribution in [0, 0.1) is 0 Å². The third-order valence-corrected chi connectivity index (χ3v) is 8.66. The Balaban J connectivity index is 1.63. The first kappa shape index (κ1) is 24.5. The van der Waals surface area contributed by atoms with Crippen molar-refractivity contribution in [2.24, 2.45) is 0 Å². The molecule has 2 aliphatic rings. The highest BCUT2D eigenvalue weighted by Crippen LogP contribution is 2.46. The molecule has 6 aromatic carbocycles. The normalized spacial score (nSPS) is 16.5. The van der Waals surface area contributed by atoms with Gasteiger partial charge >= 0.3 is 0 Å². The molecule has 3 heteroatoms. The highest BCUT2D eigenvalue weighted by atomic mass is 16.2. The largest absolute Gasteiger partial charge is 0.307 e. The zero-order chi connectivity index (χ0) is 28.4. The van der Waals surface area contributed by atoms with E-state index in [2.05, 4.69) is 85.8 Å². The smallest absolute Gasteiger partial charge is 0.251 e. The molecule has 0 saturated heterocycles. The number of benzene rings is 6. The van der Waals surface area contributed by atoms with Crippen LogP contribution in [-0.2, 0) is 9.59 Å². The topological polar surface area (TPSA) is 37.4 Å². The van der Waals surface area contributed by atoms with Crippen molar-refractivity contribution in [3.8, 4) is 0 Å². The average Bonchev–Trinajstić information content (AvgIpc) is 3.16. The van der Waals surface area contributed by atoms with E-state index in [9.17, 15) is 9.59 Å². The molecule has 200 valence electrons. The van der Waals surface area contributed by atoms with E-state index in [-0.39, 0.29) is 11.7 Å². The first-order valence-electron chi connectivity index (χ1n) is 14.5. The van der Waals surface area contributed by atoms with Crippen LogP contribution in [0.25, 0.3) is 66.5 Å². The highest BCUT2D eigenvalue weighted by molar-refractivity contribution is 6.40. The lowest BCUT2D eigenvalue weighted by Gasteiger charge is -2.30. The lowest BCUT2D eigenvalue weighted by molar-refractivity contribution is -0.122. The summed E-state index contributed by atoms with van der Waals surface area (Å²) in [7, 11) is 0. The van der Waals surface area contributed by atoms with E-state index in [0.29, 0.717) is 17.8 Å². The van der Waals surface area contributed by atoms with Crippen LogP contribution in [0.3, 0.4) is 0 Å². The Morgan fingerprint density at radius 1 is 0.548 bits per heavy atom. The molecule has 3 nitrogen and oxygen atoms in total. The van der Waals surface area contributed by atoms with Crippen LogP contribution in [-0.4, -0.2) is 23.1 Å². The Labute approximate surface area is 243 Å². The van der Waals surface area contributed by atoms with Crippen molar-refractivity contribution in [2.45, 2.75) is 13.3 Å². The van der Waals surface area contributed by atoms with Crippen molar-refractivity contribution < 1.29 is 9.59 Å². The van der Waals surface area contributed by atoms with Crippen LogP contribution < -0.4 is 0 Å². The average molecular weight is 542 g/mol. The molecule has 0 saturated carbocycles. The van der Waals surface area contributed by atoms with E-state index in [1.165, 1.54) is 0 Å². The van der Waals surface area contributed by atoms with E-state index < -0.39 is 0 Å². The molecule has 1 aliphatic heterocycles. The minimum absolute atomic E-state index is 0.0862. The lowest BCUT2D eigenvalue weighted by atomic mass is 9.81. The number of carbonyl (C=O) groups is 2. The maximum atomic E-state index is 14.3. The van der Waals surface area contributed by atoms with Crippen molar-refractivity contribution in [2.75, 3.05) is 6.54 Å². The number of carbonyl (C=O) groups excluding carboxylic acids is 2. The van der Waals surface area contributed by atoms with Gasteiger partial charge in [-0.1, -0.05) is 110 Å². The molecule has 0 aromatic heterocycles. The molecule has 0 atom stereocenters. The molecule has 0 bridgehead atoms. The summed E-state index contributed by atoms with van der Waals surface area (Å²) in [6.45, 7) is 2.57. The van der Waals surface area contributed by atoms with Gasteiger partial charge in [-0.15, -0.1) is 0 Å². The summed E-state index contributed by atoms with van der Waals surface area (Å²) >= 11 is 0. The predicted octanol–water partition coefficient (Wildman–Crippen LogP) is 9.03. The third-order valence-electron chi connectivity index (χ3n) is 8.66. The molecule has 0 radical (unpaired) electrons. The fourth-order valence-corrected chi connectivity index (χ4v) is 6.84. The Morgan fingerprint density at radius 3 is 1.71 bits per heavy atom. The highest BCUT2D eigenvalue weighted by Gasteiger charge is 2.33. The maximum absolute atomic E-state index is 14.3. The summed E-state index contributed by atoms with van der Waals surface area (Å²) in [5.41, 5.74) is 5.02. The SMILES string of the molecule is CCCN1C(=O)C=Cc2ccc3ccc4ccccc4c3c2/C1=C1\C(=O)C=Cc2ccc3ccc4ccccc4c3c21. The van der Waals surface area contributed by atoms with Gasteiger partial charge in [0.15, 0.2) is 5.78 Å². The van der Waals surface area contributed by atoms with Crippen LogP contribution in [0.1, 0.15) is 35.6 Å². The molecule has 0 N–H and O–H groups in total. The molecule has 1 aliphatic carbocycles. The van der Waals surface area contributed by atoms with E-state index in [1.807, 2.05) is 35.3 Å². The lowest BCUT2D eigenvalue weighted by Crippen LogP contribution is -2.30. The summed E-state index contributed by atoms with van der Waals surface area (Å²) in [5.74, 6) is -0.199. The number of hydrogen-bond acceptors (Lipinski definition) is 2. The quantitative estimate of drug-likeness (QED) is 0.162. The fraction of sp³-hybridized carbons (Fsp3) is 0.0769. The minimum Gasteiger partial charge on any atom is -0.307 e. The molecule has 0 fully saturated rings. The van der Waals surface area contributed by atoms with E-state index >= 15 is 0 Å². The van der Waals surface area contributed by atoms with E-state index in [1.54, 1.807) is 12.2 Å². The third kappa shape index (κ3) is 3.53. The first-order valence-corrected chi connectivity index (χ1v) is 14.5. The minimum atomic E-state index is -0.113. The molecule has 42 heavy (non-hydrogen) atoms. The second kappa shape index (κ2) is 9.39. The maximum Gasteiger partial charge on any atom is 0.251 e. The number of fused-ring (bicyclic) bond motifs is 10. The zero-order valence-corrected chi connectivity index (χ0v) is 23.2. The van der Waals surface area contributed by atoms with Gasteiger partial charge in [-0.3, -0.25) is 9.59 Å². The van der Waals surface area contributed by atoms with Gasteiger partial charge in [-0.05, 0) is 72.8 Å². The molecular weight excluding hydrogens is 514 g/mol. The van der Waals surface area contributed by atoms with Crippen molar-refractivity contribution in [1.82, 2.24) is 4.90 Å². The van der Waals surface area contributed by atoms with Crippen LogP contribution >= 0.6 is 0 Å². The van der Waals surface area contributed by atoms with Crippen molar-refractivity contribution in [1.29, 1.82) is 0 Å². The first-order chi connectivity index (χ1) is 20.6. The van der Waals surface area contributed by atoms with Gasteiger partial charge in [0.25, 0.3) is 5.91 Å². The second-order valence-corrected chi connectivity index (χ2v) is 11.1. The van der Waals surface area contributed by atoms with Gasteiger partial charge in [0, 0.05) is 23.7 Å². The summed E-state index contributed by atoms with van der Waals surface area (Å²) in [6, 6.07) is 33.6. The standard InChI is InChI=1S/C39H27NO2/c1-2-23-40-33(42)22-20-29-18-16-27-14-12-25-8-4-6-10-31(25)35(27)37(29)39(40)38-32(41)21-19-28-17-15-26-13-11-24-7-3-5-9-30(24)34(26)36(28)38/h3-22H,2,23H2,1H3/b39-38-. The monoisotopic (exact) mass is 541 g/mol. The summed E-state index contributed by atoms with van der Waals surface area (Å²) in [5, 5.41) is 8.68. The number of nitrogens with zero attached hydrogens (tertiary/aromatic N) is 1. The van der Waals surface area contributed by atoms with Crippen molar-refractivity contribution in [3.63, 3.8) is 0 Å². The molecule has 8 rings (SSSR count). The summed E-state index contributed by atoms with van der Waals surface area (Å²) < 4.78 is 0. The fourth-order valence-electron chi connectivity index (χ4n) is 6.84. The Bertz CT molecular complexity index is 2250. The van der Waals surface area contributed by atoms with Crippen molar-refractivity contribution in [3.05, 3.63) is 131 Å². The number of ketones is 1. The van der Waals surface area contributed by atoms with E-state index in [0.717, 1.165) is 71.8 Å². The summed E-state index contributed by atoms with van der Waals surface area (Å²) in [6.07, 6.45) is 7.91. The van der Waals surface area contributed by atoms with Gasteiger partial charge < -0.3 is 4.90 Å². The molecule has 6 aromatic rings. The number of allylic oxidation sites excluding steroid dienone is 2. The molecular formula is C39H27NO2. The van der Waals surface area contributed by atoms with Crippen LogP contribution in [0.5, 0.6) is 0 Å². The Morgan fingerprint density at radius 2 is 1.07 bits per heavy atom. The molecule has 1 heterocycles. The number of hydrogen-bond donors (Lipinski definition) is 0. The Hall–Kier alpha value is -5.28. The van der Waals surface area contributed by atoms with Gasteiger partial charge in [0.05, 0.1) is 11.3 Å². The number of rotatable bonds is 2. The van der Waals surface area contributed by atoms with Crippen LogP contribution in [0.4, 0.5) is 0 Å². The summed E-state index contributed by atoms with van der Waals surface area (Å²) in [4.78, 5) is 30.0. The molecule has 1 amide bonds. The van der Waals surface area contributed by atoms with Gasteiger partial charge in [-0.25, -0.2) is 0 Å². The van der Waals surface area contributed by atoms with Crippen LogP contribution in [0.2, 0.25) is 0 Å². The van der Waals surface area contributed by atoms with Gasteiger partial charge in [0.1, 0.15) is 0 Å². The second-order valence-electron chi connectivity index (χ2n) is 11.1. The molecule has 0 unspecified atom stereocenters. The van der Waals surface area contributed by atoms with Crippen molar-refractivity contribution >= 4 is 78.2 Å². The van der Waals surface area contributed by atoms with E-state index in [4.69, 9.17) is 0 Å². The van der Waals surface area contributed by atoms with Crippen LogP contribution in [0.15, 0.2) is 109 Å². The predicted molar refractivity (Wildman–Crippen MR) is 175 cm³/mol. The zero-order valence-electron chi connectivity index (χ0n) is 23.2. The number of amides is 1.